The average Bonchev–Trinajstić information content (AvgIpc) is 2.92. The number of hydrogen-bond acceptors (Lipinski definition) is 3. The summed E-state index contributed by atoms with van der Waals surface area (Å²) in [5, 5.41) is 10.7. The predicted octanol–water partition coefficient (Wildman–Crippen LogP) is 9.32. The Morgan fingerprint density at radius 3 is 2.35 bits per heavy atom. The van der Waals surface area contributed by atoms with Crippen molar-refractivity contribution < 1.29 is 4.74 Å². The first kappa shape index (κ1) is 27.1. The number of hydrogen-bond donors (Lipinski definition) is 0. The number of allylic oxidation sites excluding steroid dienone is 1. The monoisotopic (exact) mass is 532 g/mol. The van der Waals surface area contributed by atoms with Gasteiger partial charge in [-0.15, -0.1) is 0 Å². The molecule has 5 heteroatoms. The van der Waals surface area contributed by atoms with Crippen molar-refractivity contribution in [1.82, 2.24) is 0 Å². The van der Waals surface area contributed by atoms with Crippen molar-refractivity contribution in [2.75, 3.05) is 24.6 Å². The third kappa shape index (κ3) is 6.89. The first-order valence-corrected chi connectivity index (χ1v) is 13.9. The number of benzene rings is 3. The maximum atomic E-state index is 9.78. The van der Waals surface area contributed by atoms with Gasteiger partial charge in [-0.25, -0.2) is 0 Å². The van der Waals surface area contributed by atoms with E-state index in [1.165, 1.54) is 37.7 Å². The van der Waals surface area contributed by atoms with E-state index in [0.29, 0.717) is 33.7 Å². The van der Waals surface area contributed by atoms with E-state index in [1.807, 2.05) is 12.1 Å². The smallest absolute Gasteiger partial charge is 0.119 e. The Hall–Kier alpha value is -2.93. The topological polar surface area (TPSA) is 36.3 Å². The van der Waals surface area contributed by atoms with E-state index in [1.54, 1.807) is 18.2 Å². The molecule has 3 aromatic carbocycles. The minimum Gasteiger partial charge on any atom is -0.492 e. The van der Waals surface area contributed by atoms with Crippen molar-refractivity contribution >= 4 is 40.5 Å². The zero-order chi connectivity index (χ0) is 26.2. The highest BCUT2D eigenvalue weighted by Crippen LogP contribution is 2.34. The molecule has 0 aliphatic heterocycles. The number of likely N-dealkylation sites (N-methyl/N-ethyl adjacent to an activating group) is 1. The molecule has 0 unspecified atom stereocenters. The lowest BCUT2D eigenvalue weighted by Gasteiger charge is -2.24. The summed E-state index contributed by atoms with van der Waals surface area (Å²) in [4.78, 5) is 2.30. The molecular formula is C32H34Cl2N2O. The summed E-state index contributed by atoms with van der Waals surface area (Å²) in [7, 11) is 0. The Morgan fingerprint density at radius 2 is 1.73 bits per heavy atom. The standard InChI is InChI=1S/C32H34Cl2N2O/c1-3-36(18-19-37-29-16-13-25(14-17-29)24-8-5-4-6-9-24)28-15-12-26(23(2)20-28)21-27(22-35)32-30(33)10-7-11-31(32)34/h7,10-17,20-21,24H,3-6,8-9,18-19H2,1-2H3/b27-21+. The van der Waals surface area contributed by atoms with Gasteiger partial charge in [0, 0.05) is 17.8 Å². The highest BCUT2D eigenvalue weighted by Gasteiger charge is 2.15. The quantitative estimate of drug-likeness (QED) is 0.203. The molecule has 0 radical (unpaired) electrons. The van der Waals surface area contributed by atoms with Crippen LogP contribution in [0.1, 0.15) is 67.2 Å². The van der Waals surface area contributed by atoms with Gasteiger partial charge in [-0.05, 0) is 91.8 Å². The predicted molar refractivity (Wildman–Crippen MR) is 157 cm³/mol. The zero-order valence-electron chi connectivity index (χ0n) is 21.6. The Balaban J connectivity index is 1.40. The average molecular weight is 534 g/mol. The molecule has 1 aliphatic carbocycles. The molecule has 0 amide bonds. The van der Waals surface area contributed by atoms with E-state index in [4.69, 9.17) is 27.9 Å². The number of nitriles is 1. The molecular weight excluding hydrogens is 499 g/mol. The molecule has 0 N–H and O–H groups in total. The summed E-state index contributed by atoms with van der Waals surface area (Å²) >= 11 is 12.7. The van der Waals surface area contributed by atoms with Crippen LogP contribution in [0.2, 0.25) is 10.0 Å². The number of anilines is 1. The van der Waals surface area contributed by atoms with E-state index >= 15 is 0 Å². The van der Waals surface area contributed by atoms with E-state index < -0.39 is 0 Å². The van der Waals surface area contributed by atoms with Gasteiger partial charge in [0.2, 0.25) is 0 Å². The normalized spacial score (nSPS) is 14.3. The second kappa shape index (κ2) is 13.0. The number of halogens is 2. The Kier molecular flexibility index (Phi) is 9.56. The summed E-state index contributed by atoms with van der Waals surface area (Å²) in [5.74, 6) is 1.64. The summed E-state index contributed by atoms with van der Waals surface area (Å²) in [6.45, 7) is 6.47. The van der Waals surface area contributed by atoms with Gasteiger partial charge in [0.1, 0.15) is 12.4 Å². The Morgan fingerprint density at radius 1 is 1.03 bits per heavy atom. The number of aryl methyl sites for hydroxylation is 1. The van der Waals surface area contributed by atoms with Crippen LogP contribution in [-0.4, -0.2) is 19.7 Å². The second-order valence-corrected chi connectivity index (χ2v) is 10.5. The van der Waals surface area contributed by atoms with Gasteiger partial charge in [0.05, 0.1) is 28.2 Å². The third-order valence-electron chi connectivity index (χ3n) is 7.24. The van der Waals surface area contributed by atoms with Crippen molar-refractivity contribution in [3.05, 3.63) is 93.0 Å². The van der Waals surface area contributed by atoms with Crippen molar-refractivity contribution in [3.63, 3.8) is 0 Å². The zero-order valence-corrected chi connectivity index (χ0v) is 23.2. The van der Waals surface area contributed by atoms with E-state index in [-0.39, 0.29) is 0 Å². The molecule has 0 heterocycles. The molecule has 1 fully saturated rings. The second-order valence-electron chi connectivity index (χ2n) is 9.64. The summed E-state index contributed by atoms with van der Waals surface area (Å²) in [6, 6.07) is 22.5. The molecule has 0 spiro atoms. The van der Waals surface area contributed by atoms with Crippen LogP contribution in [0.5, 0.6) is 5.75 Å². The highest BCUT2D eigenvalue weighted by atomic mass is 35.5. The first-order valence-electron chi connectivity index (χ1n) is 13.1. The molecule has 1 aliphatic rings. The largest absolute Gasteiger partial charge is 0.492 e. The summed E-state index contributed by atoms with van der Waals surface area (Å²) in [5.41, 5.74) is 5.62. The molecule has 3 aromatic rings. The molecule has 192 valence electrons. The Bertz CT molecular complexity index is 1250. The van der Waals surface area contributed by atoms with Gasteiger partial charge in [-0.2, -0.15) is 5.26 Å². The number of nitrogens with zero attached hydrogens (tertiary/aromatic N) is 2. The molecule has 3 nitrogen and oxygen atoms in total. The van der Waals surface area contributed by atoms with Gasteiger partial charge in [-0.3, -0.25) is 0 Å². The molecule has 0 aromatic heterocycles. The van der Waals surface area contributed by atoms with Crippen molar-refractivity contribution in [1.29, 1.82) is 5.26 Å². The van der Waals surface area contributed by atoms with Gasteiger partial charge >= 0.3 is 0 Å². The minimum atomic E-state index is 0.446. The van der Waals surface area contributed by atoms with E-state index in [2.05, 4.69) is 61.2 Å². The van der Waals surface area contributed by atoms with Crippen molar-refractivity contribution in [3.8, 4) is 11.8 Å². The molecule has 0 atom stereocenters. The number of rotatable bonds is 9. The van der Waals surface area contributed by atoms with Crippen molar-refractivity contribution in [2.45, 2.75) is 51.9 Å². The molecule has 1 saturated carbocycles. The molecule has 4 rings (SSSR count). The fourth-order valence-corrected chi connectivity index (χ4v) is 5.71. The van der Waals surface area contributed by atoms with Gasteiger partial charge in [0.25, 0.3) is 0 Å². The SMILES string of the molecule is CCN(CCOc1ccc(C2CCCCC2)cc1)c1ccc(/C=C(\C#N)c2c(Cl)cccc2Cl)c(C)c1. The van der Waals surface area contributed by atoms with Crippen LogP contribution in [0, 0.1) is 18.3 Å². The molecule has 0 saturated heterocycles. The summed E-state index contributed by atoms with van der Waals surface area (Å²) in [6.07, 6.45) is 8.55. The maximum Gasteiger partial charge on any atom is 0.119 e. The van der Waals surface area contributed by atoms with E-state index in [0.717, 1.165) is 35.7 Å². The van der Waals surface area contributed by atoms with Crippen LogP contribution in [0.3, 0.4) is 0 Å². The van der Waals surface area contributed by atoms with Crippen LogP contribution >= 0.6 is 23.2 Å². The van der Waals surface area contributed by atoms with Crippen LogP contribution in [-0.2, 0) is 0 Å². The lowest BCUT2D eigenvalue weighted by molar-refractivity contribution is 0.324. The third-order valence-corrected chi connectivity index (χ3v) is 7.87. The molecule has 37 heavy (non-hydrogen) atoms. The fraction of sp³-hybridized carbons (Fsp3) is 0.344. The summed E-state index contributed by atoms with van der Waals surface area (Å²) < 4.78 is 6.08. The van der Waals surface area contributed by atoms with Crippen molar-refractivity contribution in [2.24, 2.45) is 0 Å². The lowest BCUT2D eigenvalue weighted by Crippen LogP contribution is -2.28. The minimum absolute atomic E-state index is 0.446. The van der Waals surface area contributed by atoms with Gasteiger partial charge < -0.3 is 9.64 Å². The van der Waals surface area contributed by atoms with Gasteiger partial charge in [-0.1, -0.05) is 66.7 Å². The van der Waals surface area contributed by atoms with Crippen LogP contribution < -0.4 is 9.64 Å². The molecule has 0 bridgehead atoms. The van der Waals surface area contributed by atoms with E-state index in [9.17, 15) is 5.26 Å². The first-order chi connectivity index (χ1) is 18.0. The fourth-order valence-electron chi connectivity index (χ4n) is 5.11. The van der Waals surface area contributed by atoms with Crippen LogP contribution in [0.25, 0.3) is 11.6 Å². The number of ether oxygens (including phenoxy) is 1. The van der Waals surface area contributed by atoms with Crippen LogP contribution in [0.15, 0.2) is 60.7 Å². The highest BCUT2D eigenvalue weighted by molar-refractivity contribution is 6.38. The Labute approximate surface area is 231 Å². The lowest BCUT2D eigenvalue weighted by atomic mass is 9.84. The maximum absolute atomic E-state index is 9.78. The van der Waals surface area contributed by atoms with Crippen LogP contribution in [0.4, 0.5) is 5.69 Å². The van der Waals surface area contributed by atoms with Gasteiger partial charge in [0.15, 0.2) is 0 Å².